The number of fused-ring (bicyclic) bond motifs is 1. The van der Waals surface area contributed by atoms with E-state index in [-0.39, 0.29) is 18.9 Å². The lowest BCUT2D eigenvalue weighted by Crippen LogP contribution is -2.25. The fraction of sp³-hybridized carbons (Fsp3) is 0.273. The van der Waals surface area contributed by atoms with E-state index in [9.17, 15) is 9.59 Å². The third kappa shape index (κ3) is 1.60. The smallest absolute Gasteiger partial charge is 0.308 e. The molecule has 0 saturated carbocycles. The van der Waals surface area contributed by atoms with Gasteiger partial charge in [-0.2, -0.15) is 15.4 Å². The number of carbonyl (C=O) groups excluding carboxylic acids is 1. The molecule has 1 saturated heterocycles. The number of rotatable bonds is 2. The van der Waals surface area contributed by atoms with Gasteiger partial charge in [-0.3, -0.25) is 9.59 Å². The summed E-state index contributed by atoms with van der Waals surface area (Å²) in [5.74, 6) is -1.75. The van der Waals surface area contributed by atoms with E-state index in [2.05, 4.69) is 15.4 Å². The van der Waals surface area contributed by atoms with Gasteiger partial charge in [-0.1, -0.05) is 0 Å². The lowest BCUT2D eigenvalue weighted by molar-refractivity contribution is -0.141. The van der Waals surface area contributed by atoms with Crippen LogP contribution >= 0.6 is 0 Å². The summed E-state index contributed by atoms with van der Waals surface area (Å²) in [6.07, 6.45) is 0.0478. The van der Waals surface area contributed by atoms with Gasteiger partial charge in [0.1, 0.15) is 11.0 Å². The average molecular weight is 246 g/mol. The van der Waals surface area contributed by atoms with Gasteiger partial charge in [0.15, 0.2) is 0 Å². The van der Waals surface area contributed by atoms with Crippen molar-refractivity contribution in [2.45, 2.75) is 6.42 Å². The van der Waals surface area contributed by atoms with Crippen molar-refractivity contribution in [3.63, 3.8) is 0 Å². The minimum Gasteiger partial charge on any atom is -0.481 e. The molecule has 1 amide bonds. The molecule has 7 nitrogen and oxygen atoms in total. The number of hydrogen-bond acceptors (Lipinski definition) is 4. The van der Waals surface area contributed by atoms with Gasteiger partial charge in [0, 0.05) is 18.7 Å². The molecular weight excluding hydrogens is 236 g/mol. The highest BCUT2D eigenvalue weighted by Crippen LogP contribution is 2.26. The maximum atomic E-state index is 11.8. The number of hydrogen-bond donors (Lipinski definition) is 2. The molecule has 2 heterocycles. The van der Waals surface area contributed by atoms with E-state index in [4.69, 9.17) is 5.11 Å². The van der Waals surface area contributed by atoms with Crippen LogP contribution in [-0.4, -0.2) is 38.9 Å². The fourth-order valence-electron chi connectivity index (χ4n) is 2.12. The third-order valence-electron chi connectivity index (χ3n) is 3.09. The first-order chi connectivity index (χ1) is 8.65. The van der Waals surface area contributed by atoms with Crippen molar-refractivity contribution < 1.29 is 14.7 Å². The van der Waals surface area contributed by atoms with Gasteiger partial charge >= 0.3 is 5.97 Å². The predicted molar refractivity (Wildman–Crippen MR) is 62.0 cm³/mol. The van der Waals surface area contributed by atoms with Crippen LogP contribution in [0.5, 0.6) is 0 Å². The monoisotopic (exact) mass is 246 g/mol. The molecule has 0 aliphatic carbocycles. The van der Waals surface area contributed by atoms with E-state index in [1.165, 1.54) is 4.90 Å². The van der Waals surface area contributed by atoms with Crippen molar-refractivity contribution >= 4 is 28.6 Å². The lowest BCUT2D eigenvalue weighted by Gasteiger charge is -2.15. The molecule has 1 aromatic heterocycles. The predicted octanol–water partition coefficient (Wildman–Crippen LogP) is 0.395. The number of carboxylic acids is 1. The van der Waals surface area contributed by atoms with Gasteiger partial charge in [-0.15, -0.1) is 0 Å². The number of aliphatic carboxylic acids is 1. The first kappa shape index (κ1) is 10.7. The van der Waals surface area contributed by atoms with Crippen molar-refractivity contribution in [2.24, 2.45) is 5.92 Å². The minimum absolute atomic E-state index is 0.0478. The Hall–Kier alpha value is -2.44. The molecule has 2 aromatic rings. The van der Waals surface area contributed by atoms with Gasteiger partial charge in [0.05, 0.1) is 5.92 Å². The summed E-state index contributed by atoms with van der Waals surface area (Å²) in [4.78, 5) is 24.2. The Morgan fingerprint density at radius 1 is 1.39 bits per heavy atom. The van der Waals surface area contributed by atoms with Crippen LogP contribution in [0, 0.1) is 5.92 Å². The van der Waals surface area contributed by atoms with Crippen molar-refractivity contribution in [3.05, 3.63) is 18.2 Å². The fourth-order valence-corrected chi connectivity index (χ4v) is 2.12. The second-order valence-electron chi connectivity index (χ2n) is 4.24. The molecule has 1 fully saturated rings. The molecule has 1 aromatic carbocycles. The van der Waals surface area contributed by atoms with Crippen LogP contribution in [0.2, 0.25) is 0 Å². The maximum absolute atomic E-state index is 11.8. The largest absolute Gasteiger partial charge is 0.481 e. The zero-order valence-electron chi connectivity index (χ0n) is 9.33. The van der Waals surface area contributed by atoms with E-state index in [0.29, 0.717) is 16.7 Å². The van der Waals surface area contributed by atoms with E-state index in [1.807, 2.05) is 0 Å². The van der Waals surface area contributed by atoms with Gasteiger partial charge in [0.2, 0.25) is 5.91 Å². The minimum atomic E-state index is -0.937. The summed E-state index contributed by atoms with van der Waals surface area (Å²) in [5, 5.41) is 19.3. The van der Waals surface area contributed by atoms with Crippen LogP contribution in [-0.2, 0) is 9.59 Å². The topological polar surface area (TPSA) is 99.2 Å². The zero-order valence-corrected chi connectivity index (χ0v) is 9.33. The Morgan fingerprint density at radius 3 is 2.89 bits per heavy atom. The molecule has 1 aliphatic rings. The Bertz CT molecular complexity index is 636. The molecule has 1 aliphatic heterocycles. The number of nitrogens with one attached hydrogen (secondary N) is 1. The number of anilines is 1. The van der Waals surface area contributed by atoms with E-state index >= 15 is 0 Å². The Kier molecular flexibility index (Phi) is 2.26. The Labute approximate surface area is 101 Å². The van der Waals surface area contributed by atoms with Crippen LogP contribution in [0.4, 0.5) is 5.69 Å². The number of carboxylic acid groups (broad SMARTS) is 1. The average Bonchev–Trinajstić information content (AvgIpc) is 2.93. The van der Waals surface area contributed by atoms with Crippen LogP contribution in [0.25, 0.3) is 11.0 Å². The van der Waals surface area contributed by atoms with Crippen LogP contribution in [0.1, 0.15) is 6.42 Å². The van der Waals surface area contributed by atoms with Gasteiger partial charge in [-0.25, -0.2) is 0 Å². The highest BCUT2D eigenvalue weighted by Gasteiger charge is 2.35. The summed E-state index contributed by atoms with van der Waals surface area (Å²) in [5.41, 5.74) is 2.02. The van der Waals surface area contributed by atoms with E-state index < -0.39 is 11.9 Å². The second kappa shape index (κ2) is 3.80. The molecule has 0 radical (unpaired) electrons. The first-order valence-corrected chi connectivity index (χ1v) is 5.49. The number of nitrogens with zero attached hydrogens (tertiary/aromatic N) is 3. The summed E-state index contributed by atoms with van der Waals surface area (Å²) < 4.78 is 0. The van der Waals surface area contributed by atoms with Gasteiger partial charge in [0.25, 0.3) is 0 Å². The molecule has 1 atom stereocenters. The molecule has 7 heteroatoms. The molecule has 18 heavy (non-hydrogen) atoms. The summed E-state index contributed by atoms with van der Waals surface area (Å²) in [6.45, 7) is 0.206. The quantitative estimate of drug-likeness (QED) is 0.798. The normalized spacial score (nSPS) is 19.7. The van der Waals surface area contributed by atoms with E-state index in [1.54, 1.807) is 18.2 Å². The highest BCUT2D eigenvalue weighted by molar-refractivity contribution is 6.00. The summed E-state index contributed by atoms with van der Waals surface area (Å²) in [7, 11) is 0. The first-order valence-electron chi connectivity index (χ1n) is 5.49. The number of carbonyl (C=O) groups is 2. The maximum Gasteiger partial charge on any atom is 0.308 e. The second-order valence-corrected chi connectivity index (χ2v) is 4.24. The number of amides is 1. The molecule has 0 bridgehead atoms. The molecule has 0 spiro atoms. The number of aromatic nitrogens is 3. The highest BCUT2D eigenvalue weighted by atomic mass is 16.4. The molecule has 2 N–H and O–H groups in total. The van der Waals surface area contributed by atoms with Crippen molar-refractivity contribution in [3.8, 4) is 0 Å². The summed E-state index contributed by atoms with van der Waals surface area (Å²) >= 11 is 0. The zero-order chi connectivity index (χ0) is 12.7. The molecule has 1 unspecified atom stereocenters. The van der Waals surface area contributed by atoms with Crippen LogP contribution in [0.3, 0.4) is 0 Å². The molecule has 92 valence electrons. The SMILES string of the molecule is O=C(O)C1CC(=O)N(c2ccc3n[nH]nc3c2)C1. The third-order valence-corrected chi connectivity index (χ3v) is 3.09. The van der Waals surface area contributed by atoms with Crippen molar-refractivity contribution in [2.75, 3.05) is 11.4 Å². The lowest BCUT2D eigenvalue weighted by atomic mass is 10.1. The number of H-pyrrole nitrogens is 1. The van der Waals surface area contributed by atoms with Crippen LogP contribution < -0.4 is 4.90 Å². The van der Waals surface area contributed by atoms with E-state index in [0.717, 1.165) is 0 Å². The van der Waals surface area contributed by atoms with Crippen LogP contribution in [0.15, 0.2) is 18.2 Å². The van der Waals surface area contributed by atoms with Crippen molar-refractivity contribution in [1.82, 2.24) is 15.4 Å². The Balaban J connectivity index is 1.94. The number of benzene rings is 1. The summed E-state index contributed by atoms with van der Waals surface area (Å²) in [6, 6.07) is 5.21. The molecule has 3 rings (SSSR count). The van der Waals surface area contributed by atoms with Gasteiger partial charge in [-0.05, 0) is 18.2 Å². The Morgan fingerprint density at radius 2 is 2.17 bits per heavy atom. The standard InChI is InChI=1S/C11H10N4O3/c16-10-3-6(11(17)18)5-15(10)7-1-2-8-9(4-7)13-14-12-8/h1-2,4,6H,3,5H2,(H,17,18)(H,12,13,14). The van der Waals surface area contributed by atoms with Crippen molar-refractivity contribution in [1.29, 1.82) is 0 Å². The van der Waals surface area contributed by atoms with Gasteiger partial charge < -0.3 is 10.0 Å². The number of aromatic amines is 1. The molecular formula is C11H10N4O3.